The number of imide groups is 1. The van der Waals surface area contributed by atoms with Gasteiger partial charge in [0.15, 0.2) is 0 Å². The first-order chi connectivity index (χ1) is 8.86. The maximum Gasteiger partial charge on any atom is 0.321 e. The van der Waals surface area contributed by atoms with Gasteiger partial charge in [0.1, 0.15) is 0 Å². The first-order valence-electron chi connectivity index (χ1n) is 6.84. The average molecular weight is 271 g/mol. The Morgan fingerprint density at radius 2 is 1.95 bits per heavy atom. The second kappa shape index (κ2) is 6.86. The van der Waals surface area contributed by atoms with Crippen LogP contribution in [0, 0.1) is 5.92 Å². The fourth-order valence-corrected chi connectivity index (χ4v) is 2.19. The Labute approximate surface area is 114 Å². The summed E-state index contributed by atoms with van der Waals surface area (Å²) >= 11 is 0. The molecular formula is C13H25N3O3. The Bertz CT molecular complexity index is 325. The van der Waals surface area contributed by atoms with Gasteiger partial charge in [-0.25, -0.2) is 4.79 Å². The molecule has 0 aliphatic heterocycles. The molecule has 1 rings (SSSR count). The summed E-state index contributed by atoms with van der Waals surface area (Å²) in [4.78, 5) is 22.6. The van der Waals surface area contributed by atoms with Crippen LogP contribution in [0.2, 0.25) is 0 Å². The Hall–Kier alpha value is -1.14. The van der Waals surface area contributed by atoms with E-state index < -0.39 is 23.6 Å². The van der Waals surface area contributed by atoms with Crippen LogP contribution >= 0.6 is 0 Å². The summed E-state index contributed by atoms with van der Waals surface area (Å²) in [6.07, 6.45) is 3.53. The fraction of sp³-hybridized carbons (Fsp3) is 0.846. The number of hydrogen-bond acceptors (Lipinski definition) is 4. The van der Waals surface area contributed by atoms with Crippen molar-refractivity contribution in [2.45, 2.75) is 51.2 Å². The third kappa shape index (κ3) is 5.16. The van der Waals surface area contributed by atoms with Crippen molar-refractivity contribution < 1.29 is 14.7 Å². The molecule has 0 aromatic carbocycles. The van der Waals surface area contributed by atoms with Gasteiger partial charge < -0.3 is 15.7 Å². The Morgan fingerprint density at radius 3 is 2.47 bits per heavy atom. The zero-order valence-electron chi connectivity index (χ0n) is 12.0. The van der Waals surface area contributed by atoms with E-state index >= 15 is 0 Å². The van der Waals surface area contributed by atoms with Crippen LogP contribution in [0.4, 0.5) is 4.79 Å². The van der Waals surface area contributed by atoms with Crippen LogP contribution in [0.15, 0.2) is 0 Å². The van der Waals surface area contributed by atoms with Crippen molar-refractivity contribution in [3.05, 3.63) is 0 Å². The van der Waals surface area contributed by atoms with Gasteiger partial charge in [-0.15, -0.1) is 0 Å². The highest BCUT2D eigenvalue weighted by Gasteiger charge is 2.32. The monoisotopic (exact) mass is 271 g/mol. The third-order valence-corrected chi connectivity index (χ3v) is 3.80. The van der Waals surface area contributed by atoms with Crippen LogP contribution in [-0.4, -0.2) is 42.3 Å². The van der Waals surface area contributed by atoms with Gasteiger partial charge in [-0.05, 0) is 38.5 Å². The molecule has 6 nitrogen and oxygen atoms in total. The second-order valence-electron chi connectivity index (χ2n) is 5.58. The molecule has 0 spiro atoms. The number of carbonyl (C=O) groups excluding carboxylic acids is 2. The summed E-state index contributed by atoms with van der Waals surface area (Å²) in [7, 11) is 1.45. The third-order valence-electron chi connectivity index (χ3n) is 3.80. The van der Waals surface area contributed by atoms with E-state index in [0.29, 0.717) is 12.5 Å². The highest BCUT2D eigenvalue weighted by atomic mass is 16.3. The predicted molar refractivity (Wildman–Crippen MR) is 72.6 cm³/mol. The van der Waals surface area contributed by atoms with E-state index in [1.54, 1.807) is 6.92 Å². The molecule has 0 heterocycles. The van der Waals surface area contributed by atoms with Crippen LogP contribution in [0.5, 0.6) is 0 Å². The van der Waals surface area contributed by atoms with E-state index in [2.05, 4.69) is 22.9 Å². The predicted octanol–water partition coefficient (Wildman–Crippen LogP) is 0.361. The van der Waals surface area contributed by atoms with Crippen LogP contribution in [0.1, 0.15) is 39.5 Å². The van der Waals surface area contributed by atoms with Gasteiger partial charge >= 0.3 is 6.03 Å². The molecule has 1 saturated carbocycles. The molecule has 0 aromatic rings. The second-order valence-corrected chi connectivity index (χ2v) is 5.58. The van der Waals surface area contributed by atoms with Crippen molar-refractivity contribution in [1.29, 1.82) is 0 Å². The molecule has 6 heteroatoms. The molecule has 1 aliphatic carbocycles. The molecule has 19 heavy (non-hydrogen) atoms. The van der Waals surface area contributed by atoms with E-state index in [1.165, 1.54) is 7.05 Å². The van der Waals surface area contributed by atoms with E-state index in [1.807, 2.05) is 0 Å². The zero-order valence-corrected chi connectivity index (χ0v) is 12.0. The number of nitrogens with one attached hydrogen (secondary N) is 3. The molecule has 110 valence electrons. The van der Waals surface area contributed by atoms with E-state index in [0.717, 1.165) is 25.7 Å². The lowest BCUT2D eigenvalue weighted by atomic mass is 9.79. The first-order valence-corrected chi connectivity index (χ1v) is 6.84. The molecule has 3 amide bonds. The molecule has 1 unspecified atom stereocenters. The van der Waals surface area contributed by atoms with E-state index in [9.17, 15) is 14.7 Å². The molecule has 1 atom stereocenters. The van der Waals surface area contributed by atoms with Gasteiger partial charge in [-0.3, -0.25) is 10.1 Å². The number of aliphatic hydroxyl groups is 1. The van der Waals surface area contributed by atoms with E-state index in [4.69, 9.17) is 0 Å². The largest absolute Gasteiger partial charge is 0.389 e. The van der Waals surface area contributed by atoms with Gasteiger partial charge in [-0.2, -0.15) is 0 Å². The van der Waals surface area contributed by atoms with Crippen molar-refractivity contribution in [2.24, 2.45) is 5.92 Å². The number of carbonyl (C=O) groups is 2. The minimum absolute atomic E-state index is 0.377. The summed E-state index contributed by atoms with van der Waals surface area (Å²) in [6, 6.07) is -1.04. The Morgan fingerprint density at radius 1 is 1.37 bits per heavy atom. The van der Waals surface area contributed by atoms with Crippen molar-refractivity contribution in [2.75, 3.05) is 13.6 Å². The smallest absolute Gasteiger partial charge is 0.321 e. The van der Waals surface area contributed by atoms with E-state index in [-0.39, 0.29) is 0 Å². The Balaban J connectivity index is 2.35. The molecule has 0 bridgehead atoms. The molecule has 1 aliphatic rings. The van der Waals surface area contributed by atoms with Gasteiger partial charge in [0.25, 0.3) is 0 Å². The summed E-state index contributed by atoms with van der Waals surface area (Å²) in [5.74, 6) is 0.265. The topological polar surface area (TPSA) is 90.5 Å². The minimum atomic E-state index is -0.728. The minimum Gasteiger partial charge on any atom is -0.389 e. The molecular weight excluding hydrogens is 246 g/mol. The average Bonchev–Trinajstić information content (AvgIpc) is 2.39. The maximum absolute atomic E-state index is 11.6. The zero-order chi connectivity index (χ0) is 14.5. The van der Waals surface area contributed by atoms with Crippen LogP contribution < -0.4 is 16.0 Å². The van der Waals surface area contributed by atoms with Crippen molar-refractivity contribution in [3.8, 4) is 0 Å². The summed E-state index contributed by atoms with van der Waals surface area (Å²) in [5, 5.41) is 17.9. The van der Waals surface area contributed by atoms with Crippen molar-refractivity contribution in [3.63, 3.8) is 0 Å². The SMILES string of the molecule is CNC(=O)NC(=O)C(C)NCC1(O)CCC(C)CC1. The lowest BCUT2D eigenvalue weighted by Gasteiger charge is -2.35. The number of amides is 3. The summed E-state index contributed by atoms with van der Waals surface area (Å²) < 4.78 is 0. The number of hydrogen-bond donors (Lipinski definition) is 4. The quantitative estimate of drug-likeness (QED) is 0.594. The van der Waals surface area contributed by atoms with Gasteiger partial charge in [-0.1, -0.05) is 6.92 Å². The fourth-order valence-electron chi connectivity index (χ4n) is 2.19. The normalized spacial score (nSPS) is 28.5. The van der Waals surface area contributed by atoms with Gasteiger partial charge in [0.2, 0.25) is 5.91 Å². The van der Waals surface area contributed by atoms with Crippen molar-refractivity contribution in [1.82, 2.24) is 16.0 Å². The first kappa shape index (κ1) is 15.9. The lowest BCUT2D eigenvalue weighted by Crippen LogP contribution is -2.52. The highest BCUT2D eigenvalue weighted by Crippen LogP contribution is 2.31. The molecule has 0 radical (unpaired) electrons. The number of rotatable bonds is 4. The van der Waals surface area contributed by atoms with Crippen LogP contribution in [0.3, 0.4) is 0 Å². The Kier molecular flexibility index (Phi) is 5.75. The molecule has 0 saturated heterocycles. The maximum atomic E-state index is 11.6. The number of urea groups is 1. The molecule has 1 fully saturated rings. The van der Waals surface area contributed by atoms with Crippen LogP contribution in [0.25, 0.3) is 0 Å². The van der Waals surface area contributed by atoms with Gasteiger partial charge in [0.05, 0.1) is 11.6 Å². The van der Waals surface area contributed by atoms with Crippen LogP contribution in [-0.2, 0) is 4.79 Å². The summed E-state index contributed by atoms with van der Waals surface area (Å²) in [6.45, 7) is 4.24. The highest BCUT2D eigenvalue weighted by molar-refractivity contribution is 5.96. The lowest BCUT2D eigenvalue weighted by molar-refractivity contribution is -0.122. The van der Waals surface area contributed by atoms with Crippen molar-refractivity contribution >= 4 is 11.9 Å². The molecule has 4 N–H and O–H groups in total. The molecule has 0 aromatic heterocycles. The van der Waals surface area contributed by atoms with Gasteiger partial charge in [0, 0.05) is 13.6 Å². The summed E-state index contributed by atoms with van der Waals surface area (Å²) in [5.41, 5.74) is -0.728. The standard InChI is InChI=1S/C13H25N3O3/c1-9-4-6-13(19,7-5-9)8-15-10(2)11(17)16-12(18)14-3/h9-10,15,19H,4-8H2,1-3H3,(H2,14,16,17,18).